The highest BCUT2D eigenvalue weighted by molar-refractivity contribution is 5.75. The van der Waals surface area contributed by atoms with E-state index in [1.54, 1.807) is 16.8 Å². The summed E-state index contributed by atoms with van der Waals surface area (Å²) in [6.45, 7) is 6.09. The fraction of sp³-hybridized carbons (Fsp3) is 0.192. The van der Waals surface area contributed by atoms with Crippen LogP contribution in [0.4, 0.5) is 5.69 Å². The number of allylic oxidation sites excluding steroid dienone is 4. The standard InChI is InChI=1S/C26H27N5O2/c1-5-8-20-14-16-30(27-20)25-13-12-22(31(32)33)18-23(25)24-10-6-11-26(28(24)4)29-15-7-9-21(29)17-19(2)3/h5-18,26H,1-4H3/b8-5+. The Morgan fingerprint density at radius 3 is 2.73 bits per heavy atom. The summed E-state index contributed by atoms with van der Waals surface area (Å²) < 4.78 is 3.95. The number of nitro groups is 1. The Morgan fingerprint density at radius 2 is 2.00 bits per heavy atom. The molecule has 0 saturated heterocycles. The molecule has 0 spiro atoms. The quantitative estimate of drug-likeness (QED) is 0.343. The van der Waals surface area contributed by atoms with E-state index in [2.05, 4.69) is 52.8 Å². The topological polar surface area (TPSA) is 69.1 Å². The molecule has 7 nitrogen and oxygen atoms in total. The minimum atomic E-state index is -0.364. The first-order valence-electron chi connectivity index (χ1n) is 10.8. The predicted molar refractivity (Wildman–Crippen MR) is 133 cm³/mol. The predicted octanol–water partition coefficient (Wildman–Crippen LogP) is 6.08. The molecule has 0 bridgehead atoms. The number of non-ortho nitro benzene ring substituents is 1. The van der Waals surface area contributed by atoms with Crippen molar-refractivity contribution in [3.63, 3.8) is 0 Å². The van der Waals surface area contributed by atoms with Gasteiger partial charge >= 0.3 is 0 Å². The van der Waals surface area contributed by atoms with Crippen LogP contribution >= 0.6 is 0 Å². The molecule has 0 aliphatic carbocycles. The largest absolute Gasteiger partial charge is 0.350 e. The molecule has 3 aromatic rings. The zero-order chi connectivity index (χ0) is 23.5. The SMILES string of the molecule is C/C=C/c1ccn(-c2ccc([N+](=O)[O-])cc2C2=CC=CC(n3cccc3C=C(C)C)N2C)n1. The minimum absolute atomic E-state index is 0.0428. The Bertz CT molecular complexity index is 1300. The molecule has 1 aliphatic heterocycles. The van der Waals surface area contributed by atoms with Gasteiger partial charge in [0.25, 0.3) is 5.69 Å². The fourth-order valence-corrected chi connectivity index (χ4v) is 4.03. The second-order valence-corrected chi connectivity index (χ2v) is 8.17. The Morgan fingerprint density at radius 1 is 1.18 bits per heavy atom. The van der Waals surface area contributed by atoms with E-state index in [-0.39, 0.29) is 16.8 Å². The van der Waals surface area contributed by atoms with Crippen molar-refractivity contribution in [2.24, 2.45) is 0 Å². The lowest BCUT2D eigenvalue weighted by molar-refractivity contribution is -0.384. The normalized spacial score (nSPS) is 15.7. The highest BCUT2D eigenvalue weighted by atomic mass is 16.6. The first-order chi connectivity index (χ1) is 15.9. The van der Waals surface area contributed by atoms with Crippen molar-refractivity contribution < 1.29 is 4.92 Å². The Hall–Kier alpha value is -4.13. The third-order valence-corrected chi connectivity index (χ3v) is 5.51. The molecular weight excluding hydrogens is 414 g/mol. The summed E-state index contributed by atoms with van der Waals surface area (Å²) in [6, 6.07) is 10.9. The van der Waals surface area contributed by atoms with Crippen molar-refractivity contribution in [2.75, 3.05) is 7.05 Å². The lowest BCUT2D eigenvalue weighted by Crippen LogP contribution is -2.29. The van der Waals surface area contributed by atoms with E-state index in [0.717, 1.165) is 28.3 Å². The van der Waals surface area contributed by atoms with Crippen LogP contribution < -0.4 is 0 Å². The zero-order valence-electron chi connectivity index (χ0n) is 19.2. The maximum Gasteiger partial charge on any atom is 0.270 e. The van der Waals surface area contributed by atoms with Gasteiger partial charge in [-0.2, -0.15) is 5.10 Å². The Balaban J connectivity index is 1.80. The third kappa shape index (κ3) is 4.43. The van der Waals surface area contributed by atoms with Crippen LogP contribution in [0.25, 0.3) is 23.5 Å². The fourth-order valence-electron chi connectivity index (χ4n) is 4.03. The smallest absolute Gasteiger partial charge is 0.270 e. The molecule has 7 heteroatoms. The number of nitro benzene ring substituents is 1. The van der Waals surface area contributed by atoms with Crippen molar-refractivity contribution in [1.82, 2.24) is 19.2 Å². The van der Waals surface area contributed by atoms with E-state index in [4.69, 9.17) is 0 Å². The Kier molecular flexibility index (Phi) is 6.13. The molecule has 4 rings (SSSR count). The van der Waals surface area contributed by atoms with Gasteiger partial charge in [0.2, 0.25) is 0 Å². The van der Waals surface area contributed by atoms with E-state index < -0.39 is 0 Å². The van der Waals surface area contributed by atoms with Gasteiger partial charge in [0.05, 0.1) is 16.3 Å². The van der Waals surface area contributed by atoms with Crippen LogP contribution in [-0.4, -0.2) is 31.2 Å². The second kappa shape index (κ2) is 9.16. The molecule has 1 aromatic carbocycles. The van der Waals surface area contributed by atoms with E-state index in [0.29, 0.717) is 0 Å². The maximum absolute atomic E-state index is 11.6. The molecule has 1 unspecified atom stereocenters. The van der Waals surface area contributed by atoms with E-state index in [1.807, 2.05) is 56.6 Å². The zero-order valence-corrected chi connectivity index (χ0v) is 19.2. The van der Waals surface area contributed by atoms with Crippen LogP contribution in [0.15, 0.2) is 78.7 Å². The number of rotatable bonds is 6. The number of nitrogens with zero attached hydrogens (tertiary/aromatic N) is 5. The minimum Gasteiger partial charge on any atom is -0.350 e. The summed E-state index contributed by atoms with van der Waals surface area (Å²) in [4.78, 5) is 13.3. The monoisotopic (exact) mass is 441 g/mol. The van der Waals surface area contributed by atoms with Gasteiger partial charge in [-0.1, -0.05) is 17.7 Å². The van der Waals surface area contributed by atoms with Crippen LogP contribution in [0.3, 0.4) is 0 Å². The summed E-state index contributed by atoms with van der Waals surface area (Å²) in [5.41, 5.74) is 5.57. The van der Waals surface area contributed by atoms with Crippen LogP contribution in [0.5, 0.6) is 0 Å². The van der Waals surface area contributed by atoms with Crippen molar-refractivity contribution in [3.05, 3.63) is 106 Å². The van der Waals surface area contributed by atoms with Gasteiger partial charge in [0.1, 0.15) is 6.17 Å². The summed E-state index contributed by atoms with van der Waals surface area (Å²) in [5, 5.41) is 16.2. The average molecular weight is 442 g/mol. The Labute approximate surface area is 193 Å². The highest BCUT2D eigenvalue weighted by Gasteiger charge is 2.25. The summed E-state index contributed by atoms with van der Waals surface area (Å²) in [6.07, 6.45) is 15.9. The van der Waals surface area contributed by atoms with Crippen molar-refractivity contribution in [1.29, 1.82) is 0 Å². The lowest BCUT2D eigenvalue weighted by Gasteiger charge is -2.34. The lowest BCUT2D eigenvalue weighted by atomic mass is 10.0. The molecule has 0 radical (unpaired) electrons. The van der Waals surface area contributed by atoms with E-state index in [1.165, 1.54) is 11.6 Å². The molecule has 1 aliphatic rings. The van der Waals surface area contributed by atoms with E-state index >= 15 is 0 Å². The molecule has 0 amide bonds. The van der Waals surface area contributed by atoms with Crippen LogP contribution in [-0.2, 0) is 0 Å². The van der Waals surface area contributed by atoms with Crippen molar-refractivity contribution in [3.8, 4) is 5.69 Å². The molecule has 168 valence electrons. The molecule has 1 atom stereocenters. The maximum atomic E-state index is 11.6. The van der Waals surface area contributed by atoms with Crippen LogP contribution in [0.1, 0.15) is 43.9 Å². The first kappa shape index (κ1) is 22.1. The molecule has 0 N–H and O–H groups in total. The summed E-state index contributed by atoms with van der Waals surface area (Å²) in [7, 11) is 2.00. The van der Waals surface area contributed by atoms with Gasteiger partial charge in [-0.25, -0.2) is 4.68 Å². The molecular formula is C26H27N5O2. The van der Waals surface area contributed by atoms with Gasteiger partial charge in [-0.15, -0.1) is 0 Å². The van der Waals surface area contributed by atoms with Gasteiger partial charge in [0, 0.05) is 48.5 Å². The van der Waals surface area contributed by atoms with E-state index in [9.17, 15) is 10.1 Å². The first-order valence-corrected chi connectivity index (χ1v) is 10.8. The highest BCUT2D eigenvalue weighted by Crippen LogP contribution is 2.35. The van der Waals surface area contributed by atoms with Gasteiger partial charge in [0.15, 0.2) is 0 Å². The molecule has 3 heterocycles. The molecule has 33 heavy (non-hydrogen) atoms. The van der Waals surface area contributed by atoms with Crippen molar-refractivity contribution >= 4 is 23.5 Å². The van der Waals surface area contributed by atoms with Crippen molar-refractivity contribution in [2.45, 2.75) is 26.9 Å². The summed E-state index contributed by atoms with van der Waals surface area (Å²) in [5.74, 6) is 0. The van der Waals surface area contributed by atoms with Gasteiger partial charge < -0.3 is 9.47 Å². The second-order valence-electron chi connectivity index (χ2n) is 8.17. The van der Waals surface area contributed by atoms with Gasteiger partial charge in [-0.3, -0.25) is 10.1 Å². The number of benzene rings is 1. The van der Waals surface area contributed by atoms with Crippen LogP contribution in [0.2, 0.25) is 0 Å². The van der Waals surface area contributed by atoms with Gasteiger partial charge in [-0.05, 0) is 69.3 Å². The van der Waals surface area contributed by atoms with Crippen LogP contribution in [0, 0.1) is 10.1 Å². The molecule has 2 aromatic heterocycles. The summed E-state index contributed by atoms with van der Waals surface area (Å²) >= 11 is 0. The number of hydrogen-bond donors (Lipinski definition) is 0. The number of likely N-dealkylation sites (N-methyl/N-ethyl adjacent to an activating group) is 1. The average Bonchev–Trinajstić information content (AvgIpc) is 3.43. The molecule has 0 saturated carbocycles. The molecule has 0 fully saturated rings. The third-order valence-electron chi connectivity index (χ3n) is 5.51. The number of hydrogen-bond acceptors (Lipinski definition) is 4. The number of aromatic nitrogens is 3.